The van der Waals surface area contributed by atoms with E-state index in [4.69, 9.17) is 17.4 Å². The van der Waals surface area contributed by atoms with Crippen LogP contribution in [0.1, 0.15) is 17.2 Å². The van der Waals surface area contributed by atoms with Crippen LogP contribution < -0.4 is 11.3 Å². The minimum atomic E-state index is -0.0420. The Balaban J connectivity index is 2.32. The van der Waals surface area contributed by atoms with Crippen LogP contribution in [0.15, 0.2) is 53.4 Å². The molecule has 0 aliphatic rings. The Morgan fingerprint density at radius 1 is 1.11 bits per heavy atom. The Labute approximate surface area is 117 Å². The van der Waals surface area contributed by atoms with Crippen molar-refractivity contribution in [2.45, 2.75) is 10.9 Å². The first-order valence-corrected chi connectivity index (χ1v) is 7.20. The van der Waals surface area contributed by atoms with Crippen LogP contribution >= 0.6 is 23.4 Å². The molecule has 2 aromatic rings. The molecule has 1 unspecified atom stereocenters. The van der Waals surface area contributed by atoms with Crippen molar-refractivity contribution < 1.29 is 0 Å². The van der Waals surface area contributed by atoms with Gasteiger partial charge in [0.2, 0.25) is 0 Å². The number of nitrogens with two attached hydrogens (primary N) is 1. The van der Waals surface area contributed by atoms with Gasteiger partial charge in [-0.15, -0.1) is 11.8 Å². The van der Waals surface area contributed by atoms with Gasteiger partial charge < -0.3 is 0 Å². The van der Waals surface area contributed by atoms with E-state index in [1.54, 1.807) is 11.8 Å². The number of hydrogen-bond donors (Lipinski definition) is 2. The predicted molar refractivity (Wildman–Crippen MR) is 78.8 cm³/mol. The average molecular weight is 279 g/mol. The van der Waals surface area contributed by atoms with Crippen LogP contribution in [0.4, 0.5) is 0 Å². The van der Waals surface area contributed by atoms with E-state index in [9.17, 15) is 0 Å². The molecular formula is C14H15ClN2S. The molecule has 0 saturated heterocycles. The molecule has 0 saturated carbocycles. The second-order valence-corrected chi connectivity index (χ2v) is 5.24. The van der Waals surface area contributed by atoms with Crippen LogP contribution in [-0.2, 0) is 0 Å². The Kier molecular flexibility index (Phi) is 4.66. The second-order valence-electron chi connectivity index (χ2n) is 3.93. The van der Waals surface area contributed by atoms with Gasteiger partial charge in [-0.25, -0.2) is 5.43 Å². The summed E-state index contributed by atoms with van der Waals surface area (Å²) in [6.07, 6.45) is 2.06. The molecule has 18 heavy (non-hydrogen) atoms. The summed E-state index contributed by atoms with van der Waals surface area (Å²) in [5, 5.41) is 0.716. The fourth-order valence-corrected chi connectivity index (χ4v) is 2.47. The largest absolute Gasteiger partial charge is 0.271 e. The molecule has 0 amide bonds. The van der Waals surface area contributed by atoms with Crippen molar-refractivity contribution in [3.63, 3.8) is 0 Å². The highest BCUT2D eigenvalue weighted by Gasteiger charge is 2.12. The number of hydrazine groups is 1. The molecule has 2 nitrogen and oxygen atoms in total. The quantitative estimate of drug-likeness (QED) is 0.510. The molecule has 2 aromatic carbocycles. The minimum Gasteiger partial charge on any atom is -0.271 e. The monoisotopic (exact) mass is 278 g/mol. The van der Waals surface area contributed by atoms with Gasteiger partial charge in [0, 0.05) is 9.92 Å². The Morgan fingerprint density at radius 3 is 2.39 bits per heavy atom. The summed E-state index contributed by atoms with van der Waals surface area (Å²) in [5.41, 5.74) is 5.01. The zero-order chi connectivity index (χ0) is 13.0. The normalized spacial score (nSPS) is 12.4. The molecule has 0 aromatic heterocycles. The molecule has 94 valence electrons. The van der Waals surface area contributed by atoms with Crippen molar-refractivity contribution in [3.8, 4) is 0 Å². The lowest BCUT2D eigenvalue weighted by atomic mass is 9.99. The summed E-state index contributed by atoms with van der Waals surface area (Å²) in [6, 6.07) is 16.0. The molecule has 3 N–H and O–H groups in total. The zero-order valence-electron chi connectivity index (χ0n) is 10.1. The van der Waals surface area contributed by atoms with Crippen LogP contribution in [0.5, 0.6) is 0 Å². The molecule has 0 aliphatic heterocycles. The van der Waals surface area contributed by atoms with Gasteiger partial charge in [-0.1, -0.05) is 35.9 Å². The number of thioether (sulfide) groups is 1. The van der Waals surface area contributed by atoms with E-state index >= 15 is 0 Å². The number of hydrogen-bond acceptors (Lipinski definition) is 3. The second kappa shape index (κ2) is 6.25. The van der Waals surface area contributed by atoms with Gasteiger partial charge >= 0.3 is 0 Å². The highest BCUT2D eigenvalue weighted by Crippen LogP contribution is 2.25. The maximum atomic E-state index is 6.01. The summed E-state index contributed by atoms with van der Waals surface area (Å²) in [5.74, 6) is 5.66. The molecule has 0 radical (unpaired) electrons. The fraction of sp³-hybridized carbons (Fsp3) is 0.143. The SMILES string of the molecule is CSc1ccc(C(NN)c2cccc(Cl)c2)cc1. The van der Waals surface area contributed by atoms with Gasteiger partial charge in [-0.05, 0) is 41.6 Å². The topological polar surface area (TPSA) is 38.0 Å². The van der Waals surface area contributed by atoms with Crippen molar-refractivity contribution in [1.82, 2.24) is 5.43 Å². The Bertz CT molecular complexity index is 513. The number of halogens is 1. The van der Waals surface area contributed by atoms with Crippen LogP contribution in [0.2, 0.25) is 5.02 Å². The maximum absolute atomic E-state index is 6.01. The molecule has 0 fully saturated rings. The first-order chi connectivity index (χ1) is 8.74. The summed E-state index contributed by atoms with van der Waals surface area (Å²) in [7, 11) is 0. The van der Waals surface area contributed by atoms with E-state index in [0.717, 1.165) is 11.1 Å². The van der Waals surface area contributed by atoms with E-state index < -0.39 is 0 Å². The van der Waals surface area contributed by atoms with Gasteiger partial charge in [0.05, 0.1) is 6.04 Å². The predicted octanol–water partition coefficient (Wildman–Crippen LogP) is 3.61. The smallest absolute Gasteiger partial charge is 0.0710 e. The third-order valence-corrected chi connectivity index (χ3v) is 3.78. The molecule has 0 aliphatic carbocycles. The lowest BCUT2D eigenvalue weighted by Gasteiger charge is -2.17. The van der Waals surface area contributed by atoms with Gasteiger partial charge in [-0.2, -0.15) is 0 Å². The highest BCUT2D eigenvalue weighted by atomic mass is 35.5. The lowest BCUT2D eigenvalue weighted by molar-refractivity contribution is 0.636. The van der Waals surface area contributed by atoms with Gasteiger partial charge in [0.1, 0.15) is 0 Å². The van der Waals surface area contributed by atoms with E-state index in [1.165, 1.54) is 4.90 Å². The average Bonchev–Trinajstić information content (AvgIpc) is 2.40. The standard InChI is InChI=1S/C14H15ClN2S/c1-18-13-7-5-10(6-8-13)14(17-16)11-3-2-4-12(15)9-11/h2-9,14,17H,16H2,1H3. The van der Waals surface area contributed by atoms with Crippen molar-refractivity contribution in [1.29, 1.82) is 0 Å². The van der Waals surface area contributed by atoms with Gasteiger partial charge in [0.25, 0.3) is 0 Å². The molecule has 0 bridgehead atoms. The molecule has 1 atom stereocenters. The van der Waals surface area contributed by atoms with Gasteiger partial charge in [0.15, 0.2) is 0 Å². The van der Waals surface area contributed by atoms with Crippen LogP contribution in [0.25, 0.3) is 0 Å². The summed E-state index contributed by atoms with van der Waals surface area (Å²) >= 11 is 7.73. The maximum Gasteiger partial charge on any atom is 0.0710 e. The van der Waals surface area contributed by atoms with E-state index in [0.29, 0.717) is 5.02 Å². The number of nitrogens with one attached hydrogen (secondary N) is 1. The first-order valence-electron chi connectivity index (χ1n) is 5.60. The van der Waals surface area contributed by atoms with Crippen molar-refractivity contribution in [2.24, 2.45) is 5.84 Å². The third kappa shape index (κ3) is 3.06. The lowest BCUT2D eigenvalue weighted by Crippen LogP contribution is -2.28. The Morgan fingerprint density at radius 2 is 1.83 bits per heavy atom. The molecule has 0 spiro atoms. The molecule has 2 rings (SSSR count). The van der Waals surface area contributed by atoms with E-state index in [2.05, 4.69) is 35.9 Å². The number of benzene rings is 2. The van der Waals surface area contributed by atoms with Crippen molar-refractivity contribution in [3.05, 3.63) is 64.7 Å². The third-order valence-electron chi connectivity index (χ3n) is 2.80. The highest BCUT2D eigenvalue weighted by molar-refractivity contribution is 7.98. The zero-order valence-corrected chi connectivity index (χ0v) is 11.6. The summed E-state index contributed by atoms with van der Waals surface area (Å²) in [6.45, 7) is 0. The fourth-order valence-electron chi connectivity index (χ4n) is 1.87. The molecular weight excluding hydrogens is 264 g/mol. The van der Waals surface area contributed by atoms with Gasteiger partial charge in [-0.3, -0.25) is 5.84 Å². The van der Waals surface area contributed by atoms with E-state index in [1.807, 2.05) is 24.3 Å². The Hall–Kier alpha value is -1.00. The summed E-state index contributed by atoms with van der Waals surface area (Å²) in [4.78, 5) is 1.24. The van der Waals surface area contributed by atoms with Crippen LogP contribution in [-0.4, -0.2) is 6.26 Å². The molecule has 0 heterocycles. The minimum absolute atomic E-state index is 0.0420. The van der Waals surface area contributed by atoms with Crippen LogP contribution in [0, 0.1) is 0 Å². The van der Waals surface area contributed by atoms with E-state index in [-0.39, 0.29) is 6.04 Å². The van der Waals surface area contributed by atoms with Crippen LogP contribution in [0.3, 0.4) is 0 Å². The van der Waals surface area contributed by atoms with Crippen molar-refractivity contribution in [2.75, 3.05) is 6.26 Å². The number of rotatable bonds is 4. The van der Waals surface area contributed by atoms with Crippen molar-refractivity contribution >= 4 is 23.4 Å². The molecule has 4 heteroatoms. The first kappa shape index (κ1) is 13.4. The summed E-state index contributed by atoms with van der Waals surface area (Å²) < 4.78 is 0.